The van der Waals surface area contributed by atoms with Crippen molar-refractivity contribution >= 4 is 45.6 Å². The number of nitrogens with zero attached hydrogens (tertiary/aromatic N) is 1. The molecule has 0 bridgehead atoms. The van der Waals surface area contributed by atoms with Crippen molar-refractivity contribution < 1.29 is 23.8 Å². The third kappa shape index (κ3) is 8.42. The van der Waals surface area contributed by atoms with Gasteiger partial charge in [0.05, 0.1) is 23.4 Å². The molecule has 35 heavy (non-hydrogen) atoms. The highest BCUT2D eigenvalue weighted by molar-refractivity contribution is 9.10. The van der Waals surface area contributed by atoms with Gasteiger partial charge in [-0.05, 0) is 61.0 Å². The van der Waals surface area contributed by atoms with Crippen molar-refractivity contribution in [2.45, 2.75) is 19.8 Å². The number of nitrogens with one attached hydrogen (secondary N) is 1. The minimum Gasteiger partial charge on any atom is -0.494 e. The van der Waals surface area contributed by atoms with Crippen LogP contribution in [0.15, 0.2) is 76.3 Å². The molecule has 0 aliphatic rings. The fraction of sp³-hybridized carbons (Fsp3) is 0.192. The summed E-state index contributed by atoms with van der Waals surface area (Å²) >= 11 is 9.45. The number of hydrogen-bond acceptors (Lipinski definition) is 6. The highest BCUT2D eigenvalue weighted by Crippen LogP contribution is 2.24. The molecule has 0 spiro atoms. The summed E-state index contributed by atoms with van der Waals surface area (Å²) in [4.78, 5) is 24.6. The number of carbonyl (C=O) groups excluding carboxylic acids is 2. The normalized spacial score (nSPS) is 10.7. The number of ether oxygens (including phenoxy) is 3. The van der Waals surface area contributed by atoms with Gasteiger partial charge in [0.25, 0.3) is 5.91 Å². The molecule has 0 saturated carbocycles. The maximum atomic E-state index is 12.5. The van der Waals surface area contributed by atoms with Gasteiger partial charge in [-0.1, -0.05) is 53.0 Å². The van der Waals surface area contributed by atoms with Gasteiger partial charge in [-0.2, -0.15) is 5.10 Å². The lowest BCUT2D eigenvalue weighted by atomic mass is 10.2. The summed E-state index contributed by atoms with van der Waals surface area (Å²) in [7, 11) is 0. The third-order valence-corrected chi connectivity index (χ3v) is 5.44. The van der Waals surface area contributed by atoms with Crippen molar-refractivity contribution in [2.75, 3.05) is 13.2 Å². The van der Waals surface area contributed by atoms with Crippen LogP contribution in [0.5, 0.6) is 17.2 Å². The Balaban J connectivity index is 1.54. The Morgan fingerprint density at radius 1 is 1.03 bits per heavy atom. The first-order chi connectivity index (χ1) is 17.0. The van der Waals surface area contributed by atoms with Crippen LogP contribution in [0.25, 0.3) is 0 Å². The molecular formula is C26H24BrClN2O5. The molecule has 0 aromatic heterocycles. The maximum Gasteiger partial charge on any atom is 0.345 e. The lowest BCUT2D eigenvalue weighted by Crippen LogP contribution is -2.24. The van der Waals surface area contributed by atoms with Crippen molar-refractivity contribution in [1.82, 2.24) is 5.43 Å². The van der Waals surface area contributed by atoms with E-state index in [2.05, 4.69) is 33.4 Å². The Morgan fingerprint density at radius 2 is 1.74 bits per heavy atom. The quantitative estimate of drug-likeness (QED) is 0.102. The van der Waals surface area contributed by atoms with E-state index in [0.717, 1.165) is 23.1 Å². The molecule has 0 aliphatic carbocycles. The van der Waals surface area contributed by atoms with Gasteiger partial charge < -0.3 is 14.2 Å². The van der Waals surface area contributed by atoms with E-state index in [1.807, 2.05) is 0 Å². The molecule has 3 aromatic carbocycles. The summed E-state index contributed by atoms with van der Waals surface area (Å²) in [6, 6.07) is 18.7. The van der Waals surface area contributed by atoms with Crippen LogP contribution in [-0.2, 0) is 4.79 Å². The van der Waals surface area contributed by atoms with E-state index in [0.29, 0.717) is 17.9 Å². The minimum atomic E-state index is -0.605. The second-order valence-electron chi connectivity index (χ2n) is 7.31. The highest BCUT2D eigenvalue weighted by Gasteiger charge is 2.14. The number of rotatable bonds is 11. The Hall–Kier alpha value is -3.36. The summed E-state index contributed by atoms with van der Waals surface area (Å²) in [5.74, 6) is 0.488. The van der Waals surface area contributed by atoms with Crippen molar-refractivity contribution in [3.8, 4) is 17.2 Å². The minimum absolute atomic E-state index is 0.222. The summed E-state index contributed by atoms with van der Waals surface area (Å²) in [6.45, 7) is 2.54. The Bertz CT molecular complexity index is 1180. The molecule has 0 fully saturated rings. The molecule has 3 aromatic rings. The SMILES string of the molecule is CCCCOc1ccc(OCC(=O)NN=Cc2cc(Br)ccc2OC(=O)c2ccccc2Cl)cc1. The van der Waals surface area contributed by atoms with Crippen molar-refractivity contribution in [2.24, 2.45) is 5.10 Å². The molecule has 7 nitrogen and oxygen atoms in total. The van der Waals surface area contributed by atoms with E-state index < -0.39 is 11.9 Å². The molecule has 0 unspecified atom stereocenters. The third-order valence-electron chi connectivity index (χ3n) is 4.62. The van der Waals surface area contributed by atoms with E-state index >= 15 is 0 Å². The van der Waals surface area contributed by atoms with Crippen LogP contribution in [-0.4, -0.2) is 31.3 Å². The number of hydrogen-bond donors (Lipinski definition) is 1. The molecule has 9 heteroatoms. The molecule has 3 rings (SSSR count). The van der Waals surface area contributed by atoms with E-state index in [1.54, 1.807) is 66.7 Å². The van der Waals surface area contributed by atoms with Gasteiger partial charge in [-0.15, -0.1) is 0 Å². The Kier molecular flexibility index (Phi) is 10.1. The molecule has 0 heterocycles. The van der Waals surface area contributed by atoms with Gasteiger partial charge in [0, 0.05) is 10.0 Å². The first-order valence-corrected chi connectivity index (χ1v) is 12.1. The van der Waals surface area contributed by atoms with Gasteiger partial charge >= 0.3 is 5.97 Å². The van der Waals surface area contributed by atoms with Crippen molar-refractivity contribution in [3.63, 3.8) is 0 Å². The fourth-order valence-electron chi connectivity index (χ4n) is 2.82. The van der Waals surface area contributed by atoms with Crippen LogP contribution in [0.2, 0.25) is 5.02 Å². The average molecular weight is 560 g/mol. The zero-order valence-corrected chi connectivity index (χ0v) is 21.3. The van der Waals surface area contributed by atoms with E-state index in [1.165, 1.54) is 6.21 Å². The van der Waals surface area contributed by atoms with E-state index in [4.69, 9.17) is 25.8 Å². The average Bonchev–Trinajstić information content (AvgIpc) is 2.85. The lowest BCUT2D eigenvalue weighted by molar-refractivity contribution is -0.123. The van der Waals surface area contributed by atoms with Gasteiger partial charge in [0.1, 0.15) is 17.2 Å². The van der Waals surface area contributed by atoms with Crippen molar-refractivity contribution in [1.29, 1.82) is 0 Å². The molecule has 0 saturated heterocycles. The zero-order valence-electron chi connectivity index (χ0n) is 19.0. The summed E-state index contributed by atoms with van der Waals surface area (Å²) in [5.41, 5.74) is 3.11. The van der Waals surface area contributed by atoms with Gasteiger partial charge in [-0.3, -0.25) is 4.79 Å². The van der Waals surface area contributed by atoms with Crippen LogP contribution in [0.4, 0.5) is 0 Å². The monoisotopic (exact) mass is 558 g/mol. The molecule has 0 aliphatic heterocycles. The zero-order chi connectivity index (χ0) is 25.0. The van der Waals surface area contributed by atoms with Crippen LogP contribution in [0.3, 0.4) is 0 Å². The lowest BCUT2D eigenvalue weighted by Gasteiger charge is -2.09. The van der Waals surface area contributed by atoms with Gasteiger partial charge in [0.2, 0.25) is 0 Å². The predicted molar refractivity (Wildman–Crippen MR) is 139 cm³/mol. The summed E-state index contributed by atoms with van der Waals surface area (Å²) in [6.07, 6.45) is 3.43. The van der Waals surface area contributed by atoms with Crippen LogP contribution < -0.4 is 19.6 Å². The maximum absolute atomic E-state index is 12.5. The highest BCUT2D eigenvalue weighted by atomic mass is 79.9. The number of benzene rings is 3. The van der Waals surface area contributed by atoms with Crippen LogP contribution >= 0.6 is 27.5 Å². The first-order valence-electron chi connectivity index (χ1n) is 10.9. The molecule has 0 atom stereocenters. The fourth-order valence-corrected chi connectivity index (χ4v) is 3.41. The predicted octanol–water partition coefficient (Wildman–Crippen LogP) is 6.03. The number of unbranched alkanes of at least 4 members (excludes halogenated alkanes) is 1. The van der Waals surface area contributed by atoms with Crippen LogP contribution in [0.1, 0.15) is 35.7 Å². The molecule has 1 N–H and O–H groups in total. The van der Waals surface area contributed by atoms with Crippen LogP contribution in [0, 0.1) is 0 Å². The second kappa shape index (κ2) is 13.5. The Labute approximate surface area is 217 Å². The molecule has 0 radical (unpaired) electrons. The Morgan fingerprint density at radius 3 is 2.46 bits per heavy atom. The van der Waals surface area contributed by atoms with E-state index in [9.17, 15) is 9.59 Å². The molecular weight excluding hydrogens is 536 g/mol. The largest absolute Gasteiger partial charge is 0.494 e. The number of hydrazone groups is 1. The van der Waals surface area contributed by atoms with E-state index in [-0.39, 0.29) is 22.9 Å². The first kappa shape index (κ1) is 26.2. The number of amides is 1. The van der Waals surface area contributed by atoms with Gasteiger partial charge in [-0.25, -0.2) is 10.2 Å². The van der Waals surface area contributed by atoms with Gasteiger partial charge in [0.15, 0.2) is 6.61 Å². The summed E-state index contributed by atoms with van der Waals surface area (Å²) in [5, 5.41) is 4.23. The smallest absolute Gasteiger partial charge is 0.345 e. The number of carbonyl (C=O) groups is 2. The number of halogens is 2. The molecule has 1 amide bonds. The second-order valence-corrected chi connectivity index (χ2v) is 8.63. The topological polar surface area (TPSA) is 86.2 Å². The standard InChI is InChI=1S/C26H24BrClN2O5/c1-2-3-14-33-20-9-11-21(12-10-20)34-17-25(31)30-29-16-18-15-19(27)8-13-24(18)35-26(32)22-6-4-5-7-23(22)28/h4-13,15-16H,2-3,14,17H2,1H3,(H,30,31). The molecule has 182 valence electrons. The summed E-state index contributed by atoms with van der Waals surface area (Å²) < 4.78 is 17.3. The number of esters is 1. The van der Waals surface area contributed by atoms with Crippen molar-refractivity contribution in [3.05, 3.63) is 87.4 Å².